The maximum absolute atomic E-state index is 13.5. The summed E-state index contributed by atoms with van der Waals surface area (Å²) in [7, 11) is 0. The molecule has 0 bridgehead atoms. The fourth-order valence-electron chi connectivity index (χ4n) is 1.60. The standard InChI is InChI=1S/C14H21F2NO/c1-13(2,3)17-9-14(4,18)8-10-11(15)6-5-7-12(10)16/h5-7,17-18H,8-9H2,1-4H3. The minimum absolute atomic E-state index is 0.0609. The van der Waals surface area contributed by atoms with Gasteiger partial charge in [0.1, 0.15) is 11.6 Å². The van der Waals surface area contributed by atoms with Crippen LogP contribution in [0, 0.1) is 11.6 Å². The molecule has 1 unspecified atom stereocenters. The number of benzene rings is 1. The summed E-state index contributed by atoms with van der Waals surface area (Å²) in [6, 6.07) is 3.72. The highest BCUT2D eigenvalue weighted by molar-refractivity contribution is 5.21. The molecule has 1 aromatic carbocycles. The van der Waals surface area contributed by atoms with Gasteiger partial charge in [-0.1, -0.05) is 6.07 Å². The van der Waals surface area contributed by atoms with Crippen molar-refractivity contribution in [3.05, 3.63) is 35.4 Å². The van der Waals surface area contributed by atoms with Crippen molar-refractivity contribution in [2.75, 3.05) is 6.54 Å². The van der Waals surface area contributed by atoms with E-state index in [4.69, 9.17) is 0 Å². The number of nitrogens with one attached hydrogen (secondary N) is 1. The molecular formula is C14H21F2NO. The quantitative estimate of drug-likeness (QED) is 0.869. The van der Waals surface area contributed by atoms with Crippen LogP contribution >= 0.6 is 0 Å². The summed E-state index contributed by atoms with van der Waals surface area (Å²) in [4.78, 5) is 0. The highest BCUT2D eigenvalue weighted by Crippen LogP contribution is 2.19. The average Bonchev–Trinajstić information content (AvgIpc) is 2.20. The molecule has 0 heterocycles. The Labute approximate surface area is 107 Å². The minimum atomic E-state index is -1.20. The molecule has 0 aliphatic heterocycles. The molecule has 0 saturated carbocycles. The lowest BCUT2D eigenvalue weighted by Crippen LogP contribution is -2.47. The first-order valence-electron chi connectivity index (χ1n) is 6.01. The fraction of sp³-hybridized carbons (Fsp3) is 0.571. The Hall–Kier alpha value is -1.00. The third-order valence-corrected chi connectivity index (χ3v) is 2.62. The molecule has 0 radical (unpaired) electrons. The van der Waals surface area contributed by atoms with Crippen molar-refractivity contribution in [3.8, 4) is 0 Å². The van der Waals surface area contributed by atoms with Gasteiger partial charge in [0.2, 0.25) is 0 Å². The van der Waals surface area contributed by atoms with Gasteiger partial charge < -0.3 is 10.4 Å². The second kappa shape index (κ2) is 5.33. The number of rotatable bonds is 4. The van der Waals surface area contributed by atoms with Crippen LogP contribution in [0.2, 0.25) is 0 Å². The van der Waals surface area contributed by atoms with Crippen LogP contribution in [0.5, 0.6) is 0 Å². The third-order valence-electron chi connectivity index (χ3n) is 2.62. The van der Waals surface area contributed by atoms with E-state index in [-0.39, 0.29) is 24.1 Å². The first-order chi connectivity index (χ1) is 8.11. The maximum Gasteiger partial charge on any atom is 0.129 e. The summed E-state index contributed by atoms with van der Waals surface area (Å²) in [5.41, 5.74) is -1.42. The molecule has 0 spiro atoms. The van der Waals surface area contributed by atoms with Gasteiger partial charge >= 0.3 is 0 Å². The number of aliphatic hydroxyl groups is 1. The van der Waals surface area contributed by atoms with Gasteiger partial charge in [-0.2, -0.15) is 0 Å². The summed E-state index contributed by atoms with van der Waals surface area (Å²) in [6.07, 6.45) is -0.0609. The van der Waals surface area contributed by atoms with E-state index in [2.05, 4.69) is 5.32 Å². The molecule has 4 heteroatoms. The molecule has 0 aliphatic rings. The Morgan fingerprint density at radius 1 is 1.11 bits per heavy atom. The molecule has 1 aromatic rings. The first kappa shape index (κ1) is 15.1. The third kappa shape index (κ3) is 4.70. The smallest absolute Gasteiger partial charge is 0.129 e. The molecular weight excluding hydrogens is 236 g/mol. The molecule has 102 valence electrons. The molecule has 0 aromatic heterocycles. The van der Waals surface area contributed by atoms with Crippen LogP contribution in [0.25, 0.3) is 0 Å². The van der Waals surface area contributed by atoms with Crippen molar-refractivity contribution in [2.24, 2.45) is 0 Å². The normalized spacial score (nSPS) is 15.5. The lowest BCUT2D eigenvalue weighted by molar-refractivity contribution is 0.0517. The number of β-amino-alcohol motifs (C(OH)–C–C–N with tert-alkyl or cyclic N) is 1. The summed E-state index contributed by atoms with van der Waals surface area (Å²) >= 11 is 0. The summed E-state index contributed by atoms with van der Waals surface area (Å²) in [5, 5.41) is 13.3. The maximum atomic E-state index is 13.5. The molecule has 1 atom stereocenters. The van der Waals surface area contributed by atoms with Crippen LogP contribution in [-0.2, 0) is 6.42 Å². The Morgan fingerprint density at radius 3 is 2.06 bits per heavy atom. The van der Waals surface area contributed by atoms with Crippen molar-refractivity contribution in [2.45, 2.75) is 45.3 Å². The first-order valence-corrected chi connectivity index (χ1v) is 6.01. The van der Waals surface area contributed by atoms with E-state index in [0.29, 0.717) is 0 Å². The molecule has 0 amide bonds. The Bertz CT molecular complexity index is 390. The van der Waals surface area contributed by atoms with Crippen molar-refractivity contribution < 1.29 is 13.9 Å². The van der Waals surface area contributed by atoms with Crippen molar-refractivity contribution >= 4 is 0 Å². The van der Waals surface area contributed by atoms with Crippen LogP contribution in [0.3, 0.4) is 0 Å². The largest absolute Gasteiger partial charge is 0.389 e. The molecule has 0 saturated heterocycles. The van der Waals surface area contributed by atoms with Crippen LogP contribution < -0.4 is 5.32 Å². The van der Waals surface area contributed by atoms with Crippen molar-refractivity contribution in [3.63, 3.8) is 0 Å². The van der Waals surface area contributed by atoms with Crippen molar-refractivity contribution in [1.29, 1.82) is 0 Å². The second-order valence-corrected chi connectivity index (χ2v) is 5.98. The van der Waals surface area contributed by atoms with Crippen LogP contribution in [0.1, 0.15) is 33.3 Å². The molecule has 0 fully saturated rings. The van der Waals surface area contributed by atoms with E-state index in [0.717, 1.165) is 0 Å². The van der Waals surface area contributed by atoms with Gasteiger partial charge in [-0.05, 0) is 39.8 Å². The van der Waals surface area contributed by atoms with Gasteiger partial charge in [0, 0.05) is 24.1 Å². The lowest BCUT2D eigenvalue weighted by Gasteiger charge is -2.29. The summed E-state index contributed by atoms with van der Waals surface area (Å²) in [5.74, 6) is -1.24. The van der Waals surface area contributed by atoms with E-state index in [1.165, 1.54) is 18.2 Å². The van der Waals surface area contributed by atoms with E-state index in [1.54, 1.807) is 6.92 Å². The van der Waals surface area contributed by atoms with Gasteiger partial charge in [-0.3, -0.25) is 0 Å². The Balaban J connectivity index is 2.76. The SMILES string of the molecule is CC(O)(CNC(C)(C)C)Cc1c(F)cccc1F. The topological polar surface area (TPSA) is 32.3 Å². The van der Waals surface area contributed by atoms with E-state index in [9.17, 15) is 13.9 Å². The van der Waals surface area contributed by atoms with Gasteiger partial charge in [-0.15, -0.1) is 0 Å². The lowest BCUT2D eigenvalue weighted by atomic mass is 9.94. The zero-order valence-corrected chi connectivity index (χ0v) is 11.3. The highest BCUT2D eigenvalue weighted by atomic mass is 19.1. The average molecular weight is 257 g/mol. The molecule has 2 N–H and O–H groups in total. The van der Waals surface area contributed by atoms with E-state index >= 15 is 0 Å². The Morgan fingerprint density at radius 2 is 1.61 bits per heavy atom. The fourth-order valence-corrected chi connectivity index (χ4v) is 1.60. The predicted molar refractivity (Wildman–Crippen MR) is 68.4 cm³/mol. The molecule has 1 rings (SSSR count). The minimum Gasteiger partial charge on any atom is -0.389 e. The monoisotopic (exact) mass is 257 g/mol. The zero-order chi connectivity index (χ0) is 14.0. The van der Waals surface area contributed by atoms with Crippen LogP contribution in [0.15, 0.2) is 18.2 Å². The number of hydrogen-bond acceptors (Lipinski definition) is 2. The van der Waals surface area contributed by atoms with Gasteiger partial charge in [0.25, 0.3) is 0 Å². The van der Waals surface area contributed by atoms with Gasteiger partial charge in [0.05, 0.1) is 5.60 Å². The summed E-state index contributed by atoms with van der Waals surface area (Å²) in [6.45, 7) is 7.73. The van der Waals surface area contributed by atoms with Crippen LogP contribution in [0.4, 0.5) is 8.78 Å². The number of hydrogen-bond donors (Lipinski definition) is 2. The van der Waals surface area contributed by atoms with E-state index in [1.807, 2.05) is 20.8 Å². The predicted octanol–water partition coefficient (Wildman–Crippen LogP) is 2.65. The molecule has 2 nitrogen and oxygen atoms in total. The number of halogens is 2. The zero-order valence-electron chi connectivity index (χ0n) is 11.3. The summed E-state index contributed by atoms with van der Waals surface area (Å²) < 4.78 is 27.0. The van der Waals surface area contributed by atoms with E-state index < -0.39 is 17.2 Å². The van der Waals surface area contributed by atoms with Crippen molar-refractivity contribution in [1.82, 2.24) is 5.32 Å². The molecule has 18 heavy (non-hydrogen) atoms. The molecule has 0 aliphatic carbocycles. The Kier molecular flexibility index (Phi) is 4.46. The van der Waals surface area contributed by atoms with Gasteiger partial charge in [-0.25, -0.2) is 8.78 Å². The van der Waals surface area contributed by atoms with Crippen LogP contribution in [-0.4, -0.2) is 22.8 Å². The second-order valence-electron chi connectivity index (χ2n) is 5.98. The highest BCUT2D eigenvalue weighted by Gasteiger charge is 2.26. The van der Waals surface area contributed by atoms with Gasteiger partial charge in [0.15, 0.2) is 0 Å².